The Hall–Kier alpha value is -1.40. The molecular weight excluding hydrogens is 276 g/mol. The van der Waals surface area contributed by atoms with Crippen molar-refractivity contribution in [1.82, 2.24) is 10.6 Å². The van der Waals surface area contributed by atoms with Crippen LogP contribution in [0.2, 0.25) is 0 Å². The zero-order chi connectivity index (χ0) is 14.2. The molecule has 0 bridgehead atoms. The number of nitrogens with one attached hydrogen (secondary N) is 2. The van der Waals surface area contributed by atoms with Gasteiger partial charge in [0.1, 0.15) is 0 Å². The Morgan fingerprint density at radius 1 is 1.20 bits per heavy atom. The molecule has 0 spiro atoms. The van der Waals surface area contributed by atoms with Crippen molar-refractivity contribution in [2.75, 3.05) is 12.3 Å². The second kappa shape index (κ2) is 5.18. The zero-order valence-electron chi connectivity index (χ0n) is 11.1. The van der Waals surface area contributed by atoms with Gasteiger partial charge in [-0.1, -0.05) is 18.2 Å². The summed E-state index contributed by atoms with van der Waals surface area (Å²) in [7, 11) is -3.13. The van der Waals surface area contributed by atoms with E-state index in [0.29, 0.717) is 24.3 Å². The van der Waals surface area contributed by atoms with E-state index in [-0.39, 0.29) is 23.7 Å². The van der Waals surface area contributed by atoms with E-state index in [1.165, 1.54) is 0 Å². The molecule has 5 nitrogen and oxygen atoms in total. The number of amides is 1. The van der Waals surface area contributed by atoms with Crippen LogP contribution in [0, 0.1) is 0 Å². The number of benzene rings is 1. The van der Waals surface area contributed by atoms with Crippen LogP contribution < -0.4 is 10.6 Å². The molecule has 6 heteroatoms. The van der Waals surface area contributed by atoms with Gasteiger partial charge in [-0.15, -0.1) is 0 Å². The Bertz CT molecular complexity index is 617. The molecule has 1 fully saturated rings. The lowest BCUT2D eigenvalue weighted by Crippen LogP contribution is -2.47. The lowest BCUT2D eigenvalue weighted by Gasteiger charge is -2.32. The minimum atomic E-state index is -3.13. The summed E-state index contributed by atoms with van der Waals surface area (Å²) < 4.78 is 24.1. The van der Waals surface area contributed by atoms with Gasteiger partial charge in [-0.25, -0.2) is 8.42 Å². The number of sulfone groups is 1. The van der Waals surface area contributed by atoms with Gasteiger partial charge in [0, 0.05) is 25.0 Å². The van der Waals surface area contributed by atoms with Crippen LogP contribution in [0.25, 0.3) is 0 Å². The number of fused-ring (bicyclic) bond motifs is 1. The monoisotopic (exact) mass is 294 g/mol. The Morgan fingerprint density at radius 2 is 2.00 bits per heavy atom. The third kappa shape index (κ3) is 2.58. The fraction of sp³-hybridized carbons (Fsp3) is 0.500. The molecule has 2 heterocycles. The Balaban J connectivity index is 1.80. The van der Waals surface area contributed by atoms with Crippen LogP contribution in [0.5, 0.6) is 0 Å². The largest absolute Gasteiger partial charge is 0.355 e. The first-order chi connectivity index (χ1) is 9.56. The van der Waals surface area contributed by atoms with E-state index in [9.17, 15) is 13.2 Å². The Kier molecular flexibility index (Phi) is 3.52. The first kappa shape index (κ1) is 13.6. The van der Waals surface area contributed by atoms with Gasteiger partial charge in [-0.05, 0) is 24.5 Å². The molecule has 1 aromatic carbocycles. The van der Waals surface area contributed by atoms with E-state index in [4.69, 9.17) is 0 Å². The van der Waals surface area contributed by atoms with Gasteiger partial charge >= 0.3 is 0 Å². The van der Waals surface area contributed by atoms with Crippen molar-refractivity contribution >= 4 is 15.7 Å². The molecule has 2 unspecified atom stereocenters. The molecule has 108 valence electrons. The van der Waals surface area contributed by atoms with Gasteiger partial charge in [-0.3, -0.25) is 4.79 Å². The summed E-state index contributed by atoms with van der Waals surface area (Å²) in [6.07, 6.45) is 1.92. The molecule has 0 radical (unpaired) electrons. The van der Waals surface area contributed by atoms with Crippen LogP contribution in [0.1, 0.15) is 30.9 Å². The van der Waals surface area contributed by atoms with Gasteiger partial charge in [0.15, 0.2) is 9.84 Å². The average Bonchev–Trinajstić information content (AvgIpc) is 2.45. The topological polar surface area (TPSA) is 75.3 Å². The molecule has 2 aliphatic rings. The highest BCUT2D eigenvalue weighted by atomic mass is 32.2. The molecule has 0 aromatic heterocycles. The quantitative estimate of drug-likeness (QED) is 0.845. The van der Waals surface area contributed by atoms with E-state index in [2.05, 4.69) is 10.6 Å². The summed E-state index contributed by atoms with van der Waals surface area (Å²) in [6, 6.07) is 7.46. The van der Waals surface area contributed by atoms with Crippen molar-refractivity contribution in [3.63, 3.8) is 0 Å². The average molecular weight is 294 g/mol. The van der Waals surface area contributed by atoms with E-state index in [1.54, 1.807) is 12.1 Å². The third-order valence-electron chi connectivity index (χ3n) is 4.01. The predicted octanol–water partition coefficient (Wildman–Crippen LogP) is 0.773. The predicted molar refractivity (Wildman–Crippen MR) is 75.0 cm³/mol. The minimum absolute atomic E-state index is 0.0507. The lowest BCUT2D eigenvalue weighted by molar-refractivity contribution is -0.122. The van der Waals surface area contributed by atoms with Crippen LogP contribution in [-0.2, 0) is 14.6 Å². The van der Waals surface area contributed by atoms with Crippen LogP contribution in [-0.4, -0.2) is 32.7 Å². The molecule has 3 rings (SSSR count). The van der Waals surface area contributed by atoms with Gasteiger partial charge in [-0.2, -0.15) is 0 Å². The summed E-state index contributed by atoms with van der Waals surface area (Å²) in [5.74, 6) is 0.274. The van der Waals surface area contributed by atoms with Gasteiger partial charge in [0.05, 0.1) is 10.6 Å². The molecule has 0 saturated carbocycles. The molecule has 0 aliphatic carbocycles. The standard InChI is InChI=1S/C14H18N2O3S/c17-14-6-5-10(9-15-14)16-12-7-8-20(18,19)13-4-2-1-3-11(12)13/h1-4,10,12,16H,5-9H2,(H,15,17). The molecule has 1 aromatic rings. The fourth-order valence-corrected chi connectivity index (χ4v) is 4.54. The Labute approximate surface area is 118 Å². The normalized spacial score (nSPS) is 28.5. The molecular formula is C14H18N2O3S. The summed E-state index contributed by atoms with van der Waals surface area (Å²) in [4.78, 5) is 11.6. The molecule has 2 N–H and O–H groups in total. The molecule has 1 saturated heterocycles. The molecule has 2 aliphatic heterocycles. The van der Waals surface area contributed by atoms with Crippen LogP contribution >= 0.6 is 0 Å². The SMILES string of the molecule is O=C1CCC(NC2CCS(=O)(=O)c3ccccc32)CN1. The van der Waals surface area contributed by atoms with Gasteiger partial charge < -0.3 is 10.6 Å². The first-order valence-electron chi connectivity index (χ1n) is 6.91. The number of hydrogen-bond acceptors (Lipinski definition) is 4. The van der Waals surface area contributed by atoms with Crippen molar-refractivity contribution in [2.45, 2.75) is 36.2 Å². The van der Waals surface area contributed by atoms with Crippen molar-refractivity contribution in [2.24, 2.45) is 0 Å². The van der Waals surface area contributed by atoms with Gasteiger partial charge in [0.2, 0.25) is 5.91 Å². The van der Waals surface area contributed by atoms with Crippen LogP contribution in [0.3, 0.4) is 0 Å². The van der Waals surface area contributed by atoms with Crippen molar-refractivity contribution in [3.8, 4) is 0 Å². The highest BCUT2D eigenvalue weighted by Gasteiger charge is 2.31. The minimum Gasteiger partial charge on any atom is -0.355 e. The van der Waals surface area contributed by atoms with E-state index in [0.717, 1.165) is 12.0 Å². The van der Waals surface area contributed by atoms with Crippen molar-refractivity contribution in [3.05, 3.63) is 29.8 Å². The zero-order valence-corrected chi connectivity index (χ0v) is 11.9. The summed E-state index contributed by atoms with van der Waals surface area (Å²) in [5.41, 5.74) is 0.857. The maximum absolute atomic E-state index is 12.1. The van der Waals surface area contributed by atoms with Gasteiger partial charge in [0.25, 0.3) is 0 Å². The Morgan fingerprint density at radius 3 is 2.75 bits per heavy atom. The van der Waals surface area contributed by atoms with E-state index < -0.39 is 9.84 Å². The summed E-state index contributed by atoms with van der Waals surface area (Å²) in [5, 5.41) is 6.34. The van der Waals surface area contributed by atoms with E-state index >= 15 is 0 Å². The number of carbonyl (C=O) groups excluding carboxylic acids is 1. The third-order valence-corrected chi connectivity index (χ3v) is 5.82. The summed E-state index contributed by atoms with van der Waals surface area (Å²) >= 11 is 0. The van der Waals surface area contributed by atoms with Crippen LogP contribution in [0.15, 0.2) is 29.2 Å². The number of carbonyl (C=O) groups is 1. The van der Waals surface area contributed by atoms with E-state index in [1.807, 2.05) is 12.1 Å². The maximum atomic E-state index is 12.1. The molecule has 1 amide bonds. The second-order valence-corrected chi connectivity index (χ2v) is 7.48. The highest BCUT2D eigenvalue weighted by Crippen LogP contribution is 2.32. The summed E-state index contributed by atoms with van der Waals surface area (Å²) in [6.45, 7) is 0.615. The number of piperidine rings is 1. The van der Waals surface area contributed by atoms with Crippen molar-refractivity contribution in [1.29, 1.82) is 0 Å². The lowest BCUT2D eigenvalue weighted by atomic mass is 10.00. The first-order valence-corrected chi connectivity index (χ1v) is 8.56. The van der Waals surface area contributed by atoms with Crippen molar-refractivity contribution < 1.29 is 13.2 Å². The second-order valence-electron chi connectivity index (χ2n) is 5.40. The maximum Gasteiger partial charge on any atom is 0.220 e. The molecule has 20 heavy (non-hydrogen) atoms. The molecule has 2 atom stereocenters. The highest BCUT2D eigenvalue weighted by molar-refractivity contribution is 7.91. The number of hydrogen-bond donors (Lipinski definition) is 2. The fourth-order valence-electron chi connectivity index (χ4n) is 2.92. The van der Waals surface area contributed by atoms with Crippen LogP contribution in [0.4, 0.5) is 0 Å². The smallest absolute Gasteiger partial charge is 0.220 e. The number of rotatable bonds is 2.